The lowest BCUT2D eigenvalue weighted by Gasteiger charge is -2.37. The number of benzene rings is 2. The molecule has 3 atom stereocenters. The molecule has 3 aliphatic rings. The fraction of sp³-hybridized carbons (Fsp3) is 0.419. The highest BCUT2D eigenvalue weighted by molar-refractivity contribution is 6.07. The molecule has 1 unspecified atom stereocenters. The molecule has 9 heteroatoms. The van der Waals surface area contributed by atoms with Gasteiger partial charge >= 0.3 is 0 Å². The predicted molar refractivity (Wildman–Crippen MR) is 153 cm³/mol. The van der Waals surface area contributed by atoms with Crippen molar-refractivity contribution in [1.82, 2.24) is 10.4 Å². The molecule has 1 N–H and O–H groups in total. The van der Waals surface area contributed by atoms with Gasteiger partial charge in [-0.25, -0.2) is 10.4 Å². The molecule has 9 nitrogen and oxygen atoms in total. The summed E-state index contributed by atoms with van der Waals surface area (Å²) in [6, 6.07) is 13.6. The van der Waals surface area contributed by atoms with Crippen molar-refractivity contribution in [3.63, 3.8) is 0 Å². The van der Waals surface area contributed by atoms with Crippen LogP contribution in [0, 0.1) is 17.8 Å². The SMILES string of the molecule is COc1ccc(C2=NN(CCCCOc3ccc(C4=NNC(=O)CC4C)cc3)C(=O)[C@H]3CC=CC[C@@H]23)cc1OC. The molecule has 0 spiro atoms. The smallest absolute Gasteiger partial charge is 0.246 e. The normalized spacial score (nSPS) is 22.2. The molecular formula is C31H36N4O5. The molecule has 2 amide bonds. The van der Waals surface area contributed by atoms with Crippen LogP contribution in [0.4, 0.5) is 0 Å². The Kier molecular flexibility index (Phi) is 8.48. The molecule has 0 fully saturated rings. The van der Waals surface area contributed by atoms with Gasteiger partial charge in [-0.1, -0.05) is 19.1 Å². The number of hydrazone groups is 2. The molecule has 0 radical (unpaired) electrons. The van der Waals surface area contributed by atoms with E-state index < -0.39 is 0 Å². The quantitative estimate of drug-likeness (QED) is 0.349. The number of nitrogens with zero attached hydrogens (tertiary/aromatic N) is 3. The fourth-order valence-corrected chi connectivity index (χ4v) is 5.54. The lowest BCUT2D eigenvalue weighted by Crippen LogP contribution is -2.45. The van der Waals surface area contributed by atoms with Crippen molar-refractivity contribution in [3.8, 4) is 17.2 Å². The first-order chi connectivity index (χ1) is 19.5. The molecule has 1 aliphatic carbocycles. The van der Waals surface area contributed by atoms with Crippen molar-refractivity contribution in [2.24, 2.45) is 28.0 Å². The molecule has 0 aromatic heterocycles. The summed E-state index contributed by atoms with van der Waals surface area (Å²) in [6.07, 6.45) is 7.77. The van der Waals surface area contributed by atoms with Crippen LogP contribution in [0.25, 0.3) is 0 Å². The number of allylic oxidation sites excluding steroid dienone is 2. The Morgan fingerprint density at radius 1 is 0.900 bits per heavy atom. The first-order valence-corrected chi connectivity index (χ1v) is 13.9. The van der Waals surface area contributed by atoms with Crippen molar-refractivity contribution in [3.05, 3.63) is 65.7 Å². The summed E-state index contributed by atoms with van der Waals surface area (Å²) in [5.41, 5.74) is 6.27. The van der Waals surface area contributed by atoms with Crippen LogP contribution < -0.4 is 19.6 Å². The van der Waals surface area contributed by atoms with Crippen molar-refractivity contribution in [2.75, 3.05) is 27.4 Å². The Labute approximate surface area is 234 Å². The highest BCUT2D eigenvalue weighted by atomic mass is 16.5. The van der Waals surface area contributed by atoms with Gasteiger partial charge in [0, 0.05) is 30.4 Å². The van der Waals surface area contributed by atoms with E-state index in [1.807, 2.05) is 49.4 Å². The second-order valence-electron chi connectivity index (χ2n) is 10.4. The standard InChI is InChI=1S/C31H36N4O5/c1-20-18-28(36)32-33-29(20)21-10-13-23(14-11-21)40-17-7-6-16-35-31(37)25-9-5-4-8-24(25)30(34-35)22-12-15-26(38-2)27(19-22)39-3/h4-5,10-15,19-20,24-25H,6-9,16-18H2,1-3H3,(H,32,36)/t20?,24-,25+/m1/s1. The molecule has 2 aliphatic heterocycles. The fourth-order valence-electron chi connectivity index (χ4n) is 5.54. The van der Waals surface area contributed by atoms with Crippen LogP contribution in [0.5, 0.6) is 17.2 Å². The van der Waals surface area contributed by atoms with Gasteiger partial charge in [0.25, 0.3) is 0 Å². The number of amides is 2. The van der Waals surface area contributed by atoms with Crippen molar-refractivity contribution >= 4 is 23.2 Å². The second-order valence-corrected chi connectivity index (χ2v) is 10.4. The third-order valence-corrected chi connectivity index (χ3v) is 7.71. The number of rotatable bonds is 10. The number of hydrogen-bond donors (Lipinski definition) is 1. The van der Waals surface area contributed by atoms with Gasteiger partial charge in [-0.3, -0.25) is 9.59 Å². The van der Waals surface area contributed by atoms with Crippen molar-refractivity contribution < 1.29 is 23.8 Å². The van der Waals surface area contributed by atoms with Gasteiger partial charge < -0.3 is 14.2 Å². The van der Waals surface area contributed by atoms with Crippen LogP contribution in [0.15, 0.2) is 64.8 Å². The molecule has 2 aromatic carbocycles. The molecule has 5 rings (SSSR count). The third kappa shape index (κ3) is 5.88. The topological polar surface area (TPSA) is 102 Å². The Hall–Kier alpha value is -4.14. The number of nitrogens with one attached hydrogen (secondary N) is 1. The summed E-state index contributed by atoms with van der Waals surface area (Å²) in [5, 5.41) is 10.7. The summed E-state index contributed by atoms with van der Waals surface area (Å²) in [5.74, 6) is 2.14. The monoisotopic (exact) mass is 544 g/mol. The van der Waals surface area contributed by atoms with Gasteiger partial charge in [-0.05, 0) is 73.7 Å². The Balaban J connectivity index is 1.19. The summed E-state index contributed by atoms with van der Waals surface area (Å²) in [4.78, 5) is 24.8. The van der Waals surface area contributed by atoms with Crippen molar-refractivity contribution in [1.29, 1.82) is 0 Å². The molecule has 0 saturated carbocycles. The first-order valence-electron chi connectivity index (χ1n) is 13.9. The largest absolute Gasteiger partial charge is 0.494 e. The maximum absolute atomic E-state index is 13.3. The minimum absolute atomic E-state index is 0.0528. The average Bonchev–Trinajstić information content (AvgIpc) is 2.98. The Morgan fingerprint density at radius 3 is 2.35 bits per heavy atom. The van der Waals surface area contributed by atoms with Crippen LogP contribution in [-0.2, 0) is 9.59 Å². The van der Waals surface area contributed by atoms with E-state index in [-0.39, 0.29) is 29.6 Å². The van der Waals surface area contributed by atoms with Gasteiger partial charge in [0.15, 0.2) is 11.5 Å². The predicted octanol–water partition coefficient (Wildman–Crippen LogP) is 4.55. The lowest BCUT2D eigenvalue weighted by molar-refractivity contribution is -0.138. The van der Waals surface area contributed by atoms with E-state index in [0.717, 1.165) is 54.0 Å². The summed E-state index contributed by atoms with van der Waals surface area (Å²) >= 11 is 0. The first kappa shape index (κ1) is 27.4. The van der Waals surface area contributed by atoms with Crippen LogP contribution in [0.2, 0.25) is 0 Å². The number of fused-ring (bicyclic) bond motifs is 1. The van der Waals surface area contributed by atoms with Crippen molar-refractivity contribution in [2.45, 2.75) is 39.0 Å². The van der Waals surface area contributed by atoms with Gasteiger partial charge in [0.1, 0.15) is 5.75 Å². The highest BCUT2D eigenvalue weighted by Crippen LogP contribution is 2.37. The molecule has 0 saturated heterocycles. The van der Waals surface area contributed by atoms with E-state index in [9.17, 15) is 9.59 Å². The van der Waals surface area contributed by atoms with E-state index >= 15 is 0 Å². The molecule has 210 valence electrons. The van der Waals surface area contributed by atoms with E-state index in [4.69, 9.17) is 19.3 Å². The maximum atomic E-state index is 13.3. The van der Waals surface area contributed by atoms with E-state index in [1.165, 1.54) is 0 Å². The summed E-state index contributed by atoms with van der Waals surface area (Å²) in [7, 11) is 3.24. The zero-order chi connectivity index (χ0) is 28.1. The number of ether oxygens (including phenoxy) is 3. The zero-order valence-corrected chi connectivity index (χ0v) is 23.3. The van der Waals surface area contributed by atoms with Gasteiger partial charge in [0.2, 0.25) is 11.8 Å². The molecule has 40 heavy (non-hydrogen) atoms. The molecule has 0 bridgehead atoms. The average molecular weight is 545 g/mol. The molecular weight excluding hydrogens is 508 g/mol. The number of carbonyl (C=O) groups excluding carboxylic acids is 2. The maximum Gasteiger partial charge on any atom is 0.246 e. The molecule has 2 aromatic rings. The van der Waals surface area contributed by atoms with E-state index in [2.05, 4.69) is 22.7 Å². The minimum atomic E-state index is -0.106. The summed E-state index contributed by atoms with van der Waals surface area (Å²) < 4.78 is 16.9. The highest BCUT2D eigenvalue weighted by Gasteiger charge is 2.40. The van der Waals surface area contributed by atoms with Crippen LogP contribution in [0.1, 0.15) is 50.2 Å². The number of methoxy groups -OCH3 is 2. The molecule has 2 heterocycles. The van der Waals surface area contributed by atoms with E-state index in [1.54, 1.807) is 19.2 Å². The van der Waals surface area contributed by atoms with Gasteiger partial charge in [-0.15, -0.1) is 0 Å². The number of carbonyl (C=O) groups is 2. The lowest BCUT2D eigenvalue weighted by atomic mass is 9.76. The Bertz CT molecular complexity index is 1330. The van der Waals surface area contributed by atoms with Gasteiger partial charge in [0.05, 0.1) is 38.2 Å². The van der Waals surface area contributed by atoms with Gasteiger partial charge in [-0.2, -0.15) is 10.2 Å². The van der Waals surface area contributed by atoms with Crippen LogP contribution in [-0.4, -0.2) is 55.6 Å². The van der Waals surface area contributed by atoms with Crippen LogP contribution in [0.3, 0.4) is 0 Å². The zero-order valence-electron chi connectivity index (χ0n) is 23.3. The Morgan fingerprint density at radius 2 is 1.62 bits per heavy atom. The second kappa shape index (κ2) is 12.4. The number of hydrogen-bond acceptors (Lipinski definition) is 7. The minimum Gasteiger partial charge on any atom is -0.494 e. The number of unbranched alkanes of at least 4 members (excludes halogenated alkanes) is 1. The summed E-state index contributed by atoms with van der Waals surface area (Å²) in [6.45, 7) is 3.07. The third-order valence-electron chi connectivity index (χ3n) is 7.71. The van der Waals surface area contributed by atoms with E-state index in [0.29, 0.717) is 31.1 Å². The van der Waals surface area contributed by atoms with Crippen LogP contribution >= 0.6 is 0 Å².